The Hall–Kier alpha value is -3.32. The first-order valence-electron chi connectivity index (χ1n) is 20.0. The number of rotatable bonds is 7. The SMILES string of the molecule is [2H]C1(c2ccc(-c3cc(-c4c(C)ccc5c4sc4c(-c6ccc([Si](C)(C)C)cc6)cccc45)[n+](C)cc3[Si](C)(C)C)c(C(C)C)c2)CCC(C)(C)CC1. The van der Waals surface area contributed by atoms with Crippen LogP contribution in [0.1, 0.15) is 83.3 Å². The van der Waals surface area contributed by atoms with Gasteiger partial charge in [-0.3, -0.25) is 0 Å². The second kappa shape index (κ2) is 13.5. The molecule has 0 radical (unpaired) electrons. The van der Waals surface area contributed by atoms with Gasteiger partial charge in [0, 0.05) is 32.8 Å². The zero-order chi connectivity index (χ0) is 38.2. The van der Waals surface area contributed by atoms with Gasteiger partial charge in [0.2, 0.25) is 5.69 Å². The molecular formula is C48H60NSSi2+. The van der Waals surface area contributed by atoms with Gasteiger partial charge in [0.15, 0.2) is 6.20 Å². The minimum absolute atomic E-state index is 0.337. The molecule has 52 heavy (non-hydrogen) atoms. The van der Waals surface area contributed by atoms with Crippen LogP contribution >= 0.6 is 11.3 Å². The molecule has 0 aliphatic heterocycles. The number of nitrogens with zero attached hydrogens (tertiary/aromatic N) is 1. The normalized spacial score (nSPS) is 16.5. The number of pyridine rings is 1. The van der Waals surface area contributed by atoms with E-state index in [0.717, 1.165) is 25.7 Å². The van der Waals surface area contributed by atoms with Gasteiger partial charge in [-0.1, -0.05) is 145 Å². The summed E-state index contributed by atoms with van der Waals surface area (Å²) in [6.07, 6.45) is 6.56. The smallest absolute Gasteiger partial charge is 0.201 e. The van der Waals surface area contributed by atoms with Crippen LogP contribution in [0.3, 0.4) is 0 Å². The topological polar surface area (TPSA) is 3.88 Å². The molecule has 0 N–H and O–H groups in total. The summed E-state index contributed by atoms with van der Waals surface area (Å²) in [7, 11) is -0.881. The van der Waals surface area contributed by atoms with Crippen LogP contribution in [0.5, 0.6) is 0 Å². The summed E-state index contributed by atoms with van der Waals surface area (Å²) in [4.78, 5) is 0. The maximum absolute atomic E-state index is 9.62. The average Bonchev–Trinajstić information content (AvgIpc) is 3.47. The molecule has 4 aromatic carbocycles. The average molecular weight is 740 g/mol. The molecule has 0 amide bonds. The van der Waals surface area contributed by atoms with E-state index in [9.17, 15) is 1.37 Å². The van der Waals surface area contributed by atoms with Crippen LogP contribution in [-0.2, 0) is 7.05 Å². The number of hydrogen-bond donors (Lipinski definition) is 0. The summed E-state index contributed by atoms with van der Waals surface area (Å²) >= 11 is 1.96. The molecule has 0 bridgehead atoms. The number of thiophene rings is 1. The van der Waals surface area contributed by atoms with Crippen molar-refractivity contribution in [3.05, 3.63) is 102 Å². The number of aromatic nitrogens is 1. The molecule has 270 valence electrons. The molecule has 6 aromatic rings. The number of benzene rings is 4. The Morgan fingerprint density at radius 1 is 0.769 bits per heavy atom. The van der Waals surface area contributed by atoms with Crippen LogP contribution in [0.2, 0.25) is 39.3 Å². The summed E-state index contributed by atoms with van der Waals surface area (Å²) < 4.78 is 14.8. The van der Waals surface area contributed by atoms with E-state index in [1.165, 1.54) is 80.7 Å². The van der Waals surface area contributed by atoms with E-state index < -0.39 is 22.0 Å². The van der Waals surface area contributed by atoms with Crippen molar-refractivity contribution in [2.24, 2.45) is 12.5 Å². The summed E-state index contributed by atoms with van der Waals surface area (Å²) in [6, 6.07) is 30.6. The molecule has 2 aromatic heterocycles. The van der Waals surface area contributed by atoms with E-state index >= 15 is 0 Å². The minimum atomic E-state index is -1.76. The van der Waals surface area contributed by atoms with Crippen molar-refractivity contribution in [2.75, 3.05) is 0 Å². The number of fused-ring (bicyclic) bond motifs is 3. The molecule has 2 heterocycles. The minimum Gasteiger partial charge on any atom is -0.201 e. The first-order chi connectivity index (χ1) is 24.8. The highest BCUT2D eigenvalue weighted by Crippen LogP contribution is 2.46. The van der Waals surface area contributed by atoms with Gasteiger partial charge in [-0.15, -0.1) is 11.3 Å². The molecule has 7 rings (SSSR count). The van der Waals surface area contributed by atoms with Crippen molar-refractivity contribution >= 4 is 58.0 Å². The van der Waals surface area contributed by atoms with Crippen molar-refractivity contribution in [3.8, 4) is 33.5 Å². The highest BCUT2D eigenvalue weighted by atomic mass is 32.1. The highest BCUT2D eigenvalue weighted by Gasteiger charge is 2.31. The fourth-order valence-corrected chi connectivity index (χ4v) is 12.6. The third-order valence-electron chi connectivity index (χ3n) is 11.9. The maximum atomic E-state index is 9.62. The summed E-state index contributed by atoms with van der Waals surface area (Å²) in [5.41, 5.74) is 12.2. The van der Waals surface area contributed by atoms with Crippen LogP contribution in [0.25, 0.3) is 53.7 Å². The monoisotopic (exact) mass is 739 g/mol. The van der Waals surface area contributed by atoms with E-state index in [2.05, 4.69) is 171 Å². The lowest BCUT2D eigenvalue weighted by atomic mass is 9.71. The Balaban J connectivity index is 1.42. The van der Waals surface area contributed by atoms with Crippen LogP contribution in [0.15, 0.2) is 85.1 Å². The quantitative estimate of drug-likeness (QED) is 0.113. The van der Waals surface area contributed by atoms with Crippen molar-refractivity contribution in [1.29, 1.82) is 0 Å². The van der Waals surface area contributed by atoms with Crippen molar-refractivity contribution in [1.82, 2.24) is 0 Å². The summed E-state index contributed by atoms with van der Waals surface area (Å²) in [6.45, 7) is 26.4. The molecule has 1 nitrogen and oxygen atoms in total. The Kier molecular flexibility index (Phi) is 9.28. The zero-order valence-corrected chi connectivity index (χ0v) is 36.7. The second-order valence-electron chi connectivity index (χ2n) is 18.8. The van der Waals surface area contributed by atoms with E-state index in [-0.39, 0.29) is 0 Å². The van der Waals surface area contributed by atoms with Gasteiger partial charge in [-0.25, -0.2) is 4.57 Å². The molecule has 0 saturated heterocycles. The van der Waals surface area contributed by atoms with Gasteiger partial charge in [-0.05, 0) is 88.8 Å². The van der Waals surface area contributed by atoms with Crippen LogP contribution in [0.4, 0.5) is 0 Å². The van der Waals surface area contributed by atoms with E-state index in [1.54, 1.807) is 0 Å². The Bertz CT molecular complexity index is 2340. The fraction of sp³-hybridized carbons (Fsp3) is 0.396. The summed E-state index contributed by atoms with van der Waals surface area (Å²) in [5, 5.41) is 5.67. The molecule has 1 aliphatic rings. The fourth-order valence-electron chi connectivity index (χ4n) is 8.40. The van der Waals surface area contributed by atoms with Gasteiger partial charge >= 0.3 is 0 Å². The largest absolute Gasteiger partial charge is 0.214 e. The lowest BCUT2D eigenvalue weighted by Gasteiger charge is -2.35. The number of aryl methyl sites for hydroxylation is 2. The lowest BCUT2D eigenvalue weighted by molar-refractivity contribution is -0.659. The Labute approximate surface area is 321 Å². The molecule has 1 aliphatic carbocycles. The van der Waals surface area contributed by atoms with Crippen LogP contribution < -0.4 is 14.9 Å². The molecular weight excluding hydrogens is 679 g/mol. The zero-order valence-electron chi connectivity index (χ0n) is 34.8. The predicted octanol–water partition coefficient (Wildman–Crippen LogP) is 13.1. The van der Waals surface area contributed by atoms with Crippen molar-refractivity contribution < 1.29 is 5.94 Å². The van der Waals surface area contributed by atoms with Gasteiger partial charge in [-0.2, -0.15) is 0 Å². The van der Waals surface area contributed by atoms with Gasteiger partial charge in [0.25, 0.3) is 0 Å². The molecule has 0 unspecified atom stereocenters. The third kappa shape index (κ3) is 6.92. The first kappa shape index (κ1) is 35.7. The second-order valence-corrected chi connectivity index (χ2v) is 30.0. The predicted molar refractivity (Wildman–Crippen MR) is 237 cm³/mol. The van der Waals surface area contributed by atoms with E-state index in [4.69, 9.17) is 0 Å². The highest BCUT2D eigenvalue weighted by molar-refractivity contribution is 7.26. The van der Waals surface area contributed by atoms with Crippen LogP contribution in [0, 0.1) is 12.3 Å². The molecule has 0 atom stereocenters. The first-order valence-corrected chi connectivity index (χ1v) is 27.3. The van der Waals surface area contributed by atoms with Crippen molar-refractivity contribution in [2.45, 2.75) is 111 Å². The molecule has 0 spiro atoms. The lowest BCUT2D eigenvalue weighted by Crippen LogP contribution is -2.46. The van der Waals surface area contributed by atoms with Crippen molar-refractivity contribution in [3.63, 3.8) is 0 Å². The van der Waals surface area contributed by atoms with E-state index in [0.29, 0.717) is 11.3 Å². The van der Waals surface area contributed by atoms with Gasteiger partial charge in [0.05, 0.1) is 21.7 Å². The van der Waals surface area contributed by atoms with E-state index in [1.807, 2.05) is 11.3 Å². The van der Waals surface area contributed by atoms with Gasteiger partial charge in [0.1, 0.15) is 7.05 Å². The van der Waals surface area contributed by atoms with Gasteiger partial charge < -0.3 is 0 Å². The summed E-state index contributed by atoms with van der Waals surface area (Å²) in [5.74, 6) is -0.150. The molecule has 1 saturated carbocycles. The number of hydrogen-bond acceptors (Lipinski definition) is 1. The standard InChI is InChI=1S/C48H60NSSi2/c1-31(2)41-28-35(33-24-26-48(4,5)27-25-33)19-23-38(41)42-29-43(49(6)30-44(42)52(10,11)12)45-32(3)16-22-40-39-15-13-14-37(46(39)50-47(40)45)34-17-20-36(21-18-34)51(7,8)9/h13-23,28-31,33H,24-27H2,1-12H3/q+1/i33D. The molecule has 4 heteroatoms. The van der Waals surface area contributed by atoms with Crippen LogP contribution in [-0.4, -0.2) is 16.1 Å². The Morgan fingerprint density at radius 3 is 2.08 bits per heavy atom. The maximum Gasteiger partial charge on any atom is 0.214 e. The molecule has 1 fully saturated rings. The Morgan fingerprint density at radius 2 is 1.44 bits per heavy atom. The third-order valence-corrected chi connectivity index (χ3v) is 17.2.